The van der Waals surface area contributed by atoms with Gasteiger partial charge in [0.25, 0.3) is 0 Å². The summed E-state index contributed by atoms with van der Waals surface area (Å²) in [5.74, 6) is 0. The fourth-order valence-corrected chi connectivity index (χ4v) is 17.6. The van der Waals surface area contributed by atoms with Crippen molar-refractivity contribution in [2.45, 2.75) is 24.7 Å². The Morgan fingerprint density at radius 3 is 1.44 bits per heavy atom. The molecule has 2 nitrogen and oxygen atoms in total. The minimum absolute atomic E-state index is 0.0152. The summed E-state index contributed by atoms with van der Waals surface area (Å²) in [4.78, 5) is 0. The minimum Gasteiger partial charge on any atom is -0.309 e. The second-order valence-corrected chi connectivity index (χ2v) is 23.5. The molecule has 1 aliphatic heterocycles. The molecule has 0 atom stereocenters. The minimum atomic E-state index is -3.37. The van der Waals surface area contributed by atoms with Crippen LogP contribution in [0.5, 0.6) is 0 Å². The molecule has 2 aromatic heterocycles. The van der Waals surface area contributed by atoms with E-state index in [0.717, 1.165) is 48.6 Å². The number of aromatic nitrogens is 2. The molecule has 0 bridgehead atoms. The quantitative estimate of drug-likeness (QED) is 0.116. The molecule has 0 N–H and O–H groups in total. The van der Waals surface area contributed by atoms with Crippen molar-refractivity contribution in [1.82, 2.24) is 9.13 Å². The maximum Gasteiger partial charge on any atom is 0.179 e. The van der Waals surface area contributed by atoms with Gasteiger partial charge in [-0.05, 0) is 114 Å². The highest BCUT2D eigenvalue weighted by atomic mass is 28.3. The molecule has 0 saturated heterocycles. The predicted molar refractivity (Wildman–Crippen MR) is 308 cm³/mol. The summed E-state index contributed by atoms with van der Waals surface area (Å²) < 4.78 is 131. The Morgan fingerprint density at radius 2 is 0.849 bits per heavy atom. The zero-order chi connectivity index (χ0) is 59.8. The molecular weight excluding hydrogens is 897 g/mol. The van der Waals surface area contributed by atoms with E-state index in [-0.39, 0.29) is 61.3 Å². The van der Waals surface area contributed by atoms with Crippen LogP contribution in [0.3, 0.4) is 0 Å². The Hall–Kier alpha value is -8.76. The van der Waals surface area contributed by atoms with Crippen molar-refractivity contribution in [3.8, 4) is 22.5 Å². The van der Waals surface area contributed by atoms with Crippen molar-refractivity contribution in [1.29, 1.82) is 0 Å². The summed E-state index contributed by atoms with van der Waals surface area (Å²) in [7, 11) is -3.37. The van der Waals surface area contributed by atoms with Gasteiger partial charge in [0.1, 0.15) is 0 Å². The lowest BCUT2D eigenvalue weighted by Crippen LogP contribution is -2.74. The van der Waals surface area contributed by atoms with E-state index in [9.17, 15) is 15.1 Å². The standard InChI is InChI=1S/C70H50N2Si/c1-69(2)58-32-16-18-34-60(58)70(61-35-19-17-33-59(61)69)62-41-40-53(73(50-24-9-4-10-25-50,51-26-11-5-12-27-51)52-28-13-6-14-29-52)46-67(62)72-66-43-39-48(45-57(66)55-31-21-36-63(70)68(55)72)47-38-42-65-56(44-47)54-30-15-20-37-64(54)71(65)49-22-7-3-8-23-49/h3-46H,1-2H3/i15D,20D,21D,30D,31D,36D,37D,38D,39D,42D,43D,44D,45D. The van der Waals surface area contributed by atoms with E-state index in [0.29, 0.717) is 22.5 Å². The van der Waals surface area contributed by atoms with Gasteiger partial charge in [-0.1, -0.05) is 232 Å². The van der Waals surface area contributed by atoms with Gasteiger partial charge >= 0.3 is 0 Å². The van der Waals surface area contributed by atoms with Gasteiger partial charge in [-0.15, -0.1) is 0 Å². The molecule has 15 rings (SSSR count). The Morgan fingerprint density at radius 1 is 0.370 bits per heavy atom. The van der Waals surface area contributed by atoms with Crippen molar-refractivity contribution >= 4 is 72.4 Å². The van der Waals surface area contributed by atoms with Gasteiger partial charge in [0.15, 0.2) is 8.07 Å². The van der Waals surface area contributed by atoms with E-state index < -0.39 is 85.4 Å². The number of para-hydroxylation sites is 3. The number of fused-ring (bicyclic) bond motifs is 14. The molecule has 3 heteroatoms. The van der Waals surface area contributed by atoms with Crippen molar-refractivity contribution in [2.24, 2.45) is 0 Å². The number of rotatable bonds is 6. The first-order valence-corrected chi connectivity index (χ1v) is 26.6. The summed E-state index contributed by atoms with van der Waals surface area (Å²) >= 11 is 0. The van der Waals surface area contributed by atoms with E-state index >= 15 is 0 Å². The van der Waals surface area contributed by atoms with Gasteiger partial charge < -0.3 is 9.13 Å². The molecule has 0 radical (unpaired) electrons. The molecular formula is C70H50N2Si. The largest absolute Gasteiger partial charge is 0.309 e. The van der Waals surface area contributed by atoms with Crippen LogP contribution in [0.4, 0.5) is 0 Å². The van der Waals surface area contributed by atoms with Crippen molar-refractivity contribution in [2.75, 3.05) is 0 Å². The zero-order valence-electron chi connectivity index (χ0n) is 52.8. The lowest BCUT2D eigenvalue weighted by atomic mass is 9.53. The normalized spacial score (nSPS) is 16.6. The van der Waals surface area contributed by atoms with Crippen LogP contribution in [0.1, 0.15) is 65.0 Å². The van der Waals surface area contributed by atoms with E-state index in [2.05, 4.69) is 129 Å². The first kappa shape index (κ1) is 30.9. The number of nitrogens with zero attached hydrogens (tertiary/aromatic N) is 2. The molecule has 0 saturated carbocycles. The fraction of sp³-hybridized carbons (Fsp3) is 0.0571. The molecule has 2 aliphatic rings. The maximum absolute atomic E-state index is 10.6. The molecule has 73 heavy (non-hydrogen) atoms. The van der Waals surface area contributed by atoms with E-state index in [1.165, 1.54) is 4.57 Å². The lowest BCUT2D eigenvalue weighted by Gasteiger charge is -2.50. The summed E-state index contributed by atoms with van der Waals surface area (Å²) in [6, 6.07) is 56.9. The predicted octanol–water partition coefficient (Wildman–Crippen LogP) is 14.3. The molecule has 13 aromatic rings. The van der Waals surface area contributed by atoms with E-state index in [1.54, 1.807) is 30.3 Å². The lowest BCUT2D eigenvalue weighted by molar-refractivity contribution is 0.556. The van der Waals surface area contributed by atoms with Crippen molar-refractivity contribution < 1.29 is 17.8 Å². The first-order valence-electron chi connectivity index (χ1n) is 31.1. The average Bonchev–Trinajstić information content (AvgIpc) is 1.24. The molecule has 11 aromatic carbocycles. The van der Waals surface area contributed by atoms with Crippen LogP contribution in [-0.2, 0) is 10.8 Å². The Kier molecular flexibility index (Phi) is 6.60. The van der Waals surface area contributed by atoms with Crippen molar-refractivity contribution in [3.05, 3.63) is 300 Å². The third-order valence-electron chi connectivity index (χ3n) is 15.8. The van der Waals surface area contributed by atoms with Gasteiger partial charge in [0, 0.05) is 32.6 Å². The summed E-state index contributed by atoms with van der Waals surface area (Å²) in [6.07, 6.45) is 0. The van der Waals surface area contributed by atoms with Crippen LogP contribution in [0.2, 0.25) is 0 Å². The van der Waals surface area contributed by atoms with Crippen LogP contribution >= 0.6 is 0 Å². The molecule has 344 valence electrons. The van der Waals surface area contributed by atoms with Gasteiger partial charge in [-0.3, -0.25) is 0 Å². The van der Waals surface area contributed by atoms with Gasteiger partial charge in [0.05, 0.1) is 51.0 Å². The number of benzene rings is 11. The van der Waals surface area contributed by atoms with Crippen LogP contribution < -0.4 is 20.7 Å². The van der Waals surface area contributed by atoms with Crippen LogP contribution in [0, 0.1) is 0 Å². The van der Waals surface area contributed by atoms with Gasteiger partial charge in [-0.2, -0.15) is 0 Å². The zero-order valence-corrected chi connectivity index (χ0v) is 40.8. The summed E-state index contributed by atoms with van der Waals surface area (Å²) in [5.41, 5.74) is 3.39. The average molecular weight is 960 g/mol. The molecule has 1 spiro atoms. The molecule has 3 heterocycles. The topological polar surface area (TPSA) is 9.86 Å². The molecule has 1 aliphatic carbocycles. The third kappa shape index (κ3) is 5.63. The highest BCUT2D eigenvalue weighted by Crippen LogP contribution is 2.60. The number of hydrogen-bond donors (Lipinski definition) is 0. The van der Waals surface area contributed by atoms with Gasteiger partial charge in [-0.25, -0.2) is 0 Å². The van der Waals surface area contributed by atoms with E-state index in [1.807, 2.05) is 47.0 Å². The second-order valence-electron chi connectivity index (χ2n) is 19.7. The fourth-order valence-electron chi connectivity index (χ4n) is 12.8. The maximum atomic E-state index is 10.6. The van der Waals surface area contributed by atoms with Crippen LogP contribution in [-0.4, -0.2) is 17.2 Å². The third-order valence-corrected chi connectivity index (χ3v) is 20.6. The Bertz CT molecular complexity index is 4970. The highest BCUT2D eigenvalue weighted by Gasteiger charge is 2.53. The smallest absolute Gasteiger partial charge is 0.179 e. The SMILES string of the molecule is [2H]c1c([2H])c([2H])c2c(c1[2H])c1c([2H])c(-c3c([2H])c([2H])c4c(c3[2H])c3c([2H])c([2H])c([2H])c5c3n4-c3cc([Si](c4ccccc4)(c4ccccc4)c4ccccc4)ccc3C53c4ccccc4C(C)(C)c4ccccc43)c([2H])c([2H])c1n2-c1ccccc1. The van der Waals surface area contributed by atoms with Crippen LogP contribution in [0.25, 0.3) is 66.1 Å². The molecule has 0 unspecified atom stereocenters. The van der Waals surface area contributed by atoms with Crippen LogP contribution in [0.15, 0.2) is 267 Å². The second kappa shape index (κ2) is 15.6. The summed E-state index contributed by atoms with van der Waals surface area (Å²) in [5, 5.41) is 4.12. The monoisotopic (exact) mass is 959 g/mol. The summed E-state index contributed by atoms with van der Waals surface area (Å²) in [6.45, 7) is 4.37. The first-order chi connectivity index (χ1) is 41.4. The van der Waals surface area contributed by atoms with Gasteiger partial charge in [0.2, 0.25) is 0 Å². The number of hydrogen-bond acceptors (Lipinski definition) is 0. The highest BCUT2D eigenvalue weighted by molar-refractivity contribution is 7.19. The van der Waals surface area contributed by atoms with Crippen molar-refractivity contribution in [3.63, 3.8) is 0 Å². The molecule has 0 amide bonds. The Balaban J connectivity index is 1.16. The Labute approximate surface area is 445 Å². The van der Waals surface area contributed by atoms with E-state index in [4.69, 9.17) is 2.74 Å². The molecule has 0 fully saturated rings.